The molecule has 16 heavy (non-hydrogen) atoms. The second-order valence-corrected chi connectivity index (χ2v) is 5.03. The molecule has 2 rings (SSSR count). The maximum atomic E-state index is 11.8. The lowest BCUT2D eigenvalue weighted by molar-refractivity contribution is 0.0242. The Hall–Kier alpha value is -1.51. The summed E-state index contributed by atoms with van der Waals surface area (Å²) in [4.78, 5) is 13.5. The Bertz CT molecular complexity index is 382. The molecule has 0 unspecified atom stereocenters. The zero-order chi connectivity index (χ0) is 11.8. The maximum Gasteiger partial charge on any atom is 0.410 e. The molecule has 0 fully saturated rings. The summed E-state index contributed by atoms with van der Waals surface area (Å²) < 4.78 is 5.33. The third kappa shape index (κ3) is 2.35. The van der Waals surface area contributed by atoms with Gasteiger partial charge in [-0.25, -0.2) is 4.79 Å². The molecule has 0 saturated heterocycles. The zero-order valence-electron chi connectivity index (χ0n) is 9.91. The van der Waals surface area contributed by atoms with Gasteiger partial charge in [0.25, 0.3) is 0 Å². The fraction of sp³-hybridized carbons (Fsp3) is 0.462. The average Bonchev–Trinajstić information content (AvgIpc) is 2.58. The molecule has 1 aliphatic rings. The first kappa shape index (κ1) is 11.0. The summed E-state index contributed by atoms with van der Waals surface area (Å²) in [5.74, 6) is 0. The minimum atomic E-state index is -0.433. The van der Waals surface area contributed by atoms with E-state index in [2.05, 4.69) is 6.07 Å². The van der Waals surface area contributed by atoms with E-state index in [1.165, 1.54) is 5.56 Å². The highest BCUT2D eigenvalue weighted by Crippen LogP contribution is 2.23. The zero-order valence-corrected chi connectivity index (χ0v) is 9.91. The lowest BCUT2D eigenvalue weighted by Crippen LogP contribution is -2.33. The van der Waals surface area contributed by atoms with Crippen LogP contribution in [0.4, 0.5) is 4.79 Å². The van der Waals surface area contributed by atoms with Crippen LogP contribution in [0, 0.1) is 6.07 Å². The molecule has 0 aliphatic carbocycles. The van der Waals surface area contributed by atoms with Crippen LogP contribution in [0.25, 0.3) is 0 Å². The van der Waals surface area contributed by atoms with Crippen molar-refractivity contribution in [1.29, 1.82) is 0 Å². The summed E-state index contributed by atoms with van der Waals surface area (Å²) >= 11 is 0. The van der Waals surface area contributed by atoms with Crippen LogP contribution in [0.3, 0.4) is 0 Å². The Labute approximate surface area is 96.0 Å². The van der Waals surface area contributed by atoms with E-state index in [4.69, 9.17) is 4.74 Å². The van der Waals surface area contributed by atoms with E-state index in [-0.39, 0.29) is 6.09 Å². The number of fused-ring (bicyclic) bond motifs is 1. The number of carbonyl (C=O) groups excluding carboxylic acids is 1. The third-order valence-electron chi connectivity index (χ3n) is 2.42. The van der Waals surface area contributed by atoms with Gasteiger partial charge in [-0.2, -0.15) is 0 Å². The fourth-order valence-electron chi connectivity index (χ4n) is 1.72. The number of carbonyl (C=O) groups is 1. The molecule has 1 aromatic rings. The highest BCUT2D eigenvalue weighted by Gasteiger charge is 2.27. The minimum absolute atomic E-state index is 0.247. The van der Waals surface area contributed by atoms with Crippen molar-refractivity contribution < 1.29 is 9.53 Å². The number of amides is 1. The average molecular weight is 218 g/mol. The molecule has 0 bridgehead atoms. The van der Waals surface area contributed by atoms with E-state index in [9.17, 15) is 4.79 Å². The summed E-state index contributed by atoms with van der Waals surface area (Å²) in [5.41, 5.74) is 1.91. The molecule has 0 spiro atoms. The molecule has 0 atom stereocenters. The van der Waals surface area contributed by atoms with Crippen molar-refractivity contribution in [3.8, 4) is 0 Å². The van der Waals surface area contributed by atoms with Gasteiger partial charge in [0.05, 0.1) is 0 Å². The van der Waals surface area contributed by atoms with Gasteiger partial charge < -0.3 is 4.74 Å². The van der Waals surface area contributed by atoms with Crippen molar-refractivity contribution in [3.63, 3.8) is 0 Å². The van der Waals surface area contributed by atoms with Gasteiger partial charge in [-0.15, -0.1) is 0 Å². The topological polar surface area (TPSA) is 29.5 Å². The van der Waals surface area contributed by atoms with E-state index >= 15 is 0 Å². The number of ether oxygens (including phenoxy) is 1. The Balaban J connectivity index is 2.04. The van der Waals surface area contributed by atoms with Crippen molar-refractivity contribution in [1.82, 2.24) is 4.90 Å². The van der Waals surface area contributed by atoms with Crippen LogP contribution < -0.4 is 0 Å². The molecule has 0 saturated carbocycles. The van der Waals surface area contributed by atoms with Gasteiger partial charge in [-0.05, 0) is 44.0 Å². The monoisotopic (exact) mass is 218 g/mol. The normalized spacial score (nSPS) is 14.8. The van der Waals surface area contributed by atoms with Crippen LogP contribution >= 0.6 is 0 Å². The van der Waals surface area contributed by atoms with E-state index in [0.717, 1.165) is 5.56 Å². The highest BCUT2D eigenvalue weighted by molar-refractivity contribution is 5.69. The summed E-state index contributed by atoms with van der Waals surface area (Å²) in [6, 6.07) is 8.82. The van der Waals surface area contributed by atoms with Crippen molar-refractivity contribution in [2.24, 2.45) is 0 Å². The van der Waals surface area contributed by atoms with Crippen molar-refractivity contribution >= 4 is 6.09 Å². The van der Waals surface area contributed by atoms with E-state index in [1.807, 2.05) is 39.0 Å². The molecule has 1 amide bonds. The summed E-state index contributed by atoms with van der Waals surface area (Å²) in [7, 11) is 0. The first-order valence-electron chi connectivity index (χ1n) is 5.41. The number of rotatable bonds is 0. The molecule has 1 radical (unpaired) electrons. The van der Waals surface area contributed by atoms with Crippen LogP contribution in [0.5, 0.6) is 0 Å². The van der Waals surface area contributed by atoms with Gasteiger partial charge in [0, 0.05) is 13.1 Å². The molecule has 85 valence electrons. The first-order chi connectivity index (χ1) is 7.46. The number of benzene rings is 1. The van der Waals surface area contributed by atoms with E-state index < -0.39 is 5.60 Å². The SMILES string of the molecule is CC(C)(C)OC(=O)N1Cc2c[c]ccc2C1. The van der Waals surface area contributed by atoms with Crippen molar-refractivity contribution in [2.45, 2.75) is 39.5 Å². The lowest BCUT2D eigenvalue weighted by Gasteiger charge is -2.24. The smallest absolute Gasteiger partial charge is 0.410 e. The van der Waals surface area contributed by atoms with Gasteiger partial charge in [-0.3, -0.25) is 4.90 Å². The predicted octanol–water partition coefficient (Wildman–Crippen LogP) is 2.74. The molecule has 1 heterocycles. The lowest BCUT2D eigenvalue weighted by atomic mass is 10.1. The van der Waals surface area contributed by atoms with Crippen molar-refractivity contribution in [2.75, 3.05) is 0 Å². The van der Waals surface area contributed by atoms with Crippen LogP contribution in [-0.2, 0) is 17.8 Å². The third-order valence-corrected chi connectivity index (χ3v) is 2.42. The van der Waals surface area contributed by atoms with E-state index in [0.29, 0.717) is 13.1 Å². The summed E-state index contributed by atoms with van der Waals surface area (Å²) in [6.45, 7) is 6.90. The molecule has 3 heteroatoms. The molecule has 0 aromatic heterocycles. The Kier molecular flexibility index (Phi) is 2.62. The summed E-state index contributed by atoms with van der Waals surface area (Å²) in [6.07, 6.45) is -0.247. The molecule has 0 N–H and O–H groups in total. The predicted molar refractivity (Wildman–Crippen MR) is 60.8 cm³/mol. The van der Waals surface area contributed by atoms with Gasteiger partial charge in [0.2, 0.25) is 0 Å². The van der Waals surface area contributed by atoms with Crippen LogP contribution in [-0.4, -0.2) is 16.6 Å². The Morgan fingerprint density at radius 1 is 1.38 bits per heavy atom. The van der Waals surface area contributed by atoms with Crippen LogP contribution in [0.2, 0.25) is 0 Å². The molecule has 3 nitrogen and oxygen atoms in total. The number of hydrogen-bond donors (Lipinski definition) is 0. The Morgan fingerprint density at radius 2 is 2.06 bits per heavy atom. The minimum Gasteiger partial charge on any atom is -0.444 e. The number of nitrogens with zero attached hydrogens (tertiary/aromatic N) is 1. The van der Waals surface area contributed by atoms with Gasteiger partial charge in [0.1, 0.15) is 5.60 Å². The standard InChI is InChI=1S/C13H16NO2/c1-13(2,3)16-12(15)14-8-10-6-4-5-7-11(10)9-14/h4,6-7H,8-9H2,1-3H3. The summed E-state index contributed by atoms with van der Waals surface area (Å²) in [5, 5.41) is 0. The fourth-order valence-corrected chi connectivity index (χ4v) is 1.72. The van der Waals surface area contributed by atoms with Crippen LogP contribution in [0.1, 0.15) is 31.9 Å². The molecule has 1 aliphatic heterocycles. The van der Waals surface area contributed by atoms with Gasteiger partial charge in [0.15, 0.2) is 0 Å². The second kappa shape index (κ2) is 3.81. The second-order valence-electron chi connectivity index (χ2n) is 5.03. The quantitative estimate of drug-likeness (QED) is 0.670. The van der Waals surface area contributed by atoms with Gasteiger partial charge in [-0.1, -0.05) is 12.1 Å². The largest absolute Gasteiger partial charge is 0.444 e. The molecule has 1 aromatic carbocycles. The van der Waals surface area contributed by atoms with E-state index in [1.54, 1.807) is 4.90 Å². The highest BCUT2D eigenvalue weighted by atomic mass is 16.6. The van der Waals surface area contributed by atoms with Crippen LogP contribution in [0.15, 0.2) is 18.2 Å². The molecular formula is C13H16NO2. The maximum absolute atomic E-state index is 11.8. The Morgan fingerprint density at radius 3 is 2.69 bits per heavy atom. The number of hydrogen-bond acceptors (Lipinski definition) is 2. The first-order valence-corrected chi connectivity index (χ1v) is 5.41. The van der Waals surface area contributed by atoms with Gasteiger partial charge >= 0.3 is 6.09 Å². The molecular weight excluding hydrogens is 202 g/mol. The van der Waals surface area contributed by atoms with Crippen molar-refractivity contribution in [3.05, 3.63) is 35.4 Å².